The molecule has 0 unspecified atom stereocenters. The van der Waals surface area contributed by atoms with Gasteiger partial charge < -0.3 is 11.0 Å². The van der Waals surface area contributed by atoms with E-state index in [4.69, 9.17) is 0 Å². The molecule has 0 saturated carbocycles. The van der Waals surface area contributed by atoms with Crippen LogP contribution < -0.4 is 0 Å². The molecule has 0 aromatic carbocycles. The van der Waals surface area contributed by atoms with Crippen molar-refractivity contribution in [1.82, 2.24) is 0 Å². The van der Waals surface area contributed by atoms with Gasteiger partial charge in [-0.1, -0.05) is 0 Å². The normalized spacial score (nSPS) is 0. The standard InChI is InChI=1S/Cu.Mn.Ni.2H2O.V.Zn/h;;;2*1H2;;. The molecule has 0 bridgehead atoms. The van der Waals surface area contributed by atoms with Crippen molar-refractivity contribution in [2.24, 2.45) is 0 Å². The van der Waals surface area contributed by atoms with Gasteiger partial charge in [-0.05, 0) is 0 Å². The van der Waals surface area contributed by atoms with Gasteiger partial charge in [0.25, 0.3) is 0 Å². The van der Waals surface area contributed by atoms with Crippen LogP contribution in [0.25, 0.3) is 0 Å². The molecule has 7 heteroatoms. The summed E-state index contributed by atoms with van der Waals surface area (Å²) in [5.41, 5.74) is 0. The molecule has 0 aliphatic heterocycles. The minimum absolute atomic E-state index is 0. The van der Waals surface area contributed by atoms with Crippen molar-refractivity contribution in [2.45, 2.75) is 0 Å². The maximum atomic E-state index is 0. The summed E-state index contributed by atoms with van der Waals surface area (Å²) in [5.74, 6) is 0. The van der Waals surface area contributed by atoms with Crippen LogP contribution in [0.5, 0.6) is 0 Å². The van der Waals surface area contributed by atoms with Crippen molar-refractivity contribution in [1.29, 1.82) is 0 Å². The molecular weight excluding hydrogens is 326 g/mol. The van der Waals surface area contributed by atoms with Gasteiger partial charge in [0.2, 0.25) is 0 Å². The fourth-order valence-corrected chi connectivity index (χ4v) is 0. The second kappa shape index (κ2) is 71.8. The van der Waals surface area contributed by atoms with Crippen LogP contribution in [0.4, 0.5) is 0 Å². The topological polar surface area (TPSA) is 63.0 Å². The minimum atomic E-state index is 0. The molecule has 0 amide bonds. The Labute approximate surface area is 98.5 Å². The van der Waals surface area contributed by atoms with Gasteiger partial charge in [0, 0.05) is 88.7 Å². The molecule has 3 radical (unpaired) electrons. The SMILES string of the molecule is O.O.[Cu].[Mn].[Ni].[V].[Zn]. The fourth-order valence-electron chi connectivity index (χ4n) is 0. The number of hydrogen-bond donors (Lipinski definition) is 0. The van der Waals surface area contributed by atoms with Gasteiger partial charge in [-0.2, -0.15) is 0 Å². The van der Waals surface area contributed by atoms with E-state index in [0.29, 0.717) is 0 Å². The van der Waals surface area contributed by atoms with Crippen molar-refractivity contribution in [3.63, 3.8) is 0 Å². The largest absolute Gasteiger partial charge is 0.412 e. The van der Waals surface area contributed by atoms with Gasteiger partial charge in [0.15, 0.2) is 0 Å². The Morgan fingerprint density at radius 2 is 0.857 bits per heavy atom. The number of rotatable bonds is 0. The Morgan fingerprint density at radius 3 is 0.857 bits per heavy atom. The van der Waals surface area contributed by atoms with Crippen molar-refractivity contribution in [3.05, 3.63) is 0 Å². The zero-order valence-corrected chi connectivity index (χ0v) is 10.6. The van der Waals surface area contributed by atoms with Gasteiger partial charge in [0.05, 0.1) is 0 Å². The second-order valence-corrected chi connectivity index (χ2v) is 0. The third-order valence-corrected chi connectivity index (χ3v) is 0. The summed E-state index contributed by atoms with van der Waals surface area (Å²) >= 11 is 0. The zero-order valence-electron chi connectivity index (χ0n) is 3.15. The van der Waals surface area contributed by atoms with Crippen LogP contribution in [0.3, 0.4) is 0 Å². The Kier molecular flexibility index (Phi) is 1050. The van der Waals surface area contributed by atoms with Crippen molar-refractivity contribution in [2.75, 3.05) is 0 Å². The van der Waals surface area contributed by atoms with Crippen LogP contribution in [0.2, 0.25) is 0 Å². The van der Waals surface area contributed by atoms with E-state index in [-0.39, 0.29) is 99.6 Å². The van der Waals surface area contributed by atoms with E-state index in [2.05, 4.69) is 0 Å². The summed E-state index contributed by atoms with van der Waals surface area (Å²) in [7, 11) is 0. The Balaban J connectivity index is 0. The predicted molar refractivity (Wildman–Crippen MR) is 7.23 cm³/mol. The summed E-state index contributed by atoms with van der Waals surface area (Å²) in [6.07, 6.45) is 0. The first kappa shape index (κ1) is 102. The average Bonchev–Trinajstić information content (AvgIpc) is 0. The molecular formula is H4CuMnNiO2VZn. The van der Waals surface area contributed by atoms with Crippen LogP contribution in [0.15, 0.2) is 0 Å². The van der Waals surface area contributed by atoms with Crippen LogP contribution in [0.1, 0.15) is 0 Å². The summed E-state index contributed by atoms with van der Waals surface area (Å²) in [5, 5.41) is 0. The van der Waals surface area contributed by atoms with Crippen molar-refractivity contribution >= 4 is 0 Å². The third-order valence-electron chi connectivity index (χ3n) is 0. The Bertz CT molecular complexity index is 17.7. The van der Waals surface area contributed by atoms with E-state index >= 15 is 0 Å². The quantitative estimate of drug-likeness (QED) is 0.478. The van der Waals surface area contributed by atoms with Gasteiger partial charge in [-0.25, -0.2) is 0 Å². The molecule has 2 nitrogen and oxygen atoms in total. The average molecular weight is 330 g/mol. The first-order valence-corrected chi connectivity index (χ1v) is 0. The molecule has 0 aromatic heterocycles. The Hall–Kier alpha value is 2.66. The van der Waals surface area contributed by atoms with E-state index < -0.39 is 0 Å². The van der Waals surface area contributed by atoms with E-state index in [1.807, 2.05) is 0 Å². The van der Waals surface area contributed by atoms with Gasteiger partial charge >= 0.3 is 0 Å². The molecule has 0 aliphatic rings. The third kappa shape index (κ3) is 54.3. The van der Waals surface area contributed by atoms with Crippen LogP contribution in [-0.4, -0.2) is 11.0 Å². The van der Waals surface area contributed by atoms with Gasteiger partial charge in [-0.3, -0.25) is 0 Å². The van der Waals surface area contributed by atoms with E-state index in [0.717, 1.165) is 0 Å². The molecule has 4 N–H and O–H groups in total. The molecule has 0 aliphatic carbocycles. The van der Waals surface area contributed by atoms with Crippen molar-refractivity contribution in [3.8, 4) is 0 Å². The fraction of sp³-hybridized carbons (Fsp3) is 0. The molecule has 0 aromatic rings. The van der Waals surface area contributed by atoms with E-state index in [9.17, 15) is 0 Å². The smallest absolute Gasteiger partial charge is 0 e. The van der Waals surface area contributed by atoms with E-state index in [1.54, 1.807) is 0 Å². The zero-order chi connectivity index (χ0) is 0. The summed E-state index contributed by atoms with van der Waals surface area (Å²) in [6.45, 7) is 0. The minimum Gasteiger partial charge on any atom is -0.412 e. The van der Waals surface area contributed by atoms with E-state index in [1.165, 1.54) is 0 Å². The Morgan fingerprint density at radius 1 is 0.857 bits per heavy atom. The molecule has 51 valence electrons. The molecule has 0 heterocycles. The predicted octanol–water partition coefficient (Wildman–Crippen LogP) is -1.66. The molecule has 0 atom stereocenters. The summed E-state index contributed by atoms with van der Waals surface area (Å²) < 4.78 is 0. The van der Waals surface area contributed by atoms with Crippen LogP contribution in [-0.2, 0) is 88.7 Å². The first-order chi connectivity index (χ1) is 0. The first-order valence-electron chi connectivity index (χ1n) is 0. The maximum absolute atomic E-state index is 0. The molecule has 7 heavy (non-hydrogen) atoms. The second-order valence-electron chi connectivity index (χ2n) is 0. The summed E-state index contributed by atoms with van der Waals surface area (Å²) in [4.78, 5) is 0. The van der Waals surface area contributed by atoms with Gasteiger partial charge in [-0.15, -0.1) is 0 Å². The van der Waals surface area contributed by atoms with Crippen molar-refractivity contribution < 1.29 is 99.6 Å². The summed E-state index contributed by atoms with van der Waals surface area (Å²) in [6, 6.07) is 0. The monoisotopic (exact) mass is 327 g/mol. The number of hydrogen-bond acceptors (Lipinski definition) is 0. The molecule has 0 fully saturated rings. The van der Waals surface area contributed by atoms with Crippen LogP contribution >= 0.6 is 0 Å². The van der Waals surface area contributed by atoms with Crippen LogP contribution in [0, 0.1) is 0 Å². The molecule has 0 rings (SSSR count). The van der Waals surface area contributed by atoms with Gasteiger partial charge in [0.1, 0.15) is 0 Å². The molecule has 0 spiro atoms. The maximum Gasteiger partial charge on any atom is 0 e. The molecule has 0 saturated heterocycles.